The zero-order chi connectivity index (χ0) is 16.3. The van der Waals surface area contributed by atoms with E-state index in [9.17, 15) is 20.2 Å². The van der Waals surface area contributed by atoms with Gasteiger partial charge in [-0.3, -0.25) is 20.2 Å². The van der Waals surface area contributed by atoms with E-state index >= 15 is 0 Å². The molecule has 1 aliphatic rings. The minimum atomic E-state index is -1.16. The fourth-order valence-corrected chi connectivity index (χ4v) is 2.99. The van der Waals surface area contributed by atoms with Gasteiger partial charge in [-0.25, -0.2) is 0 Å². The Balaban J connectivity index is 2.55. The summed E-state index contributed by atoms with van der Waals surface area (Å²) in [5.41, 5.74) is 0.413. The summed E-state index contributed by atoms with van der Waals surface area (Å²) >= 11 is 0. The molecule has 22 heavy (non-hydrogen) atoms. The highest BCUT2D eigenvalue weighted by atomic mass is 16.6. The van der Waals surface area contributed by atoms with Crippen molar-refractivity contribution in [3.63, 3.8) is 0 Å². The van der Waals surface area contributed by atoms with E-state index in [0.717, 1.165) is 0 Å². The topological polar surface area (TPSA) is 105 Å². The van der Waals surface area contributed by atoms with Crippen LogP contribution in [0.25, 0.3) is 0 Å². The molecule has 0 fully saturated rings. The first kappa shape index (κ1) is 16.0. The van der Waals surface area contributed by atoms with E-state index in [-0.39, 0.29) is 0 Å². The molecular formula is C14H18N2O6. The van der Waals surface area contributed by atoms with Gasteiger partial charge in [0.1, 0.15) is 17.4 Å². The molecule has 0 amide bonds. The molecule has 0 saturated carbocycles. The minimum absolute atomic E-state index is 0.381. The molecule has 8 heteroatoms. The first-order valence-corrected chi connectivity index (χ1v) is 7.08. The third kappa shape index (κ3) is 2.95. The normalized spacial score (nSPS) is 23.3. The summed E-state index contributed by atoms with van der Waals surface area (Å²) in [5, 5.41) is 22.5. The number of ether oxygens (including phenoxy) is 2. The van der Waals surface area contributed by atoms with Crippen LogP contribution in [0.3, 0.4) is 0 Å². The molecule has 0 saturated heterocycles. The van der Waals surface area contributed by atoms with Gasteiger partial charge in [-0.05, 0) is 18.6 Å². The maximum Gasteiger partial charge on any atom is 0.262 e. The van der Waals surface area contributed by atoms with Gasteiger partial charge in [-0.15, -0.1) is 0 Å². The first-order valence-electron chi connectivity index (χ1n) is 7.08. The third-order valence-electron chi connectivity index (χ3n) is 3.85. The standard InChI is InChI=1S/C14H18N2O6/c1-3-5-12-14(16(19)20)9(8-15(17)18)13-10(21-2)6-4-7-11(13)22-12/h4,6-7,9,12,14H,3,5,8H2,1-2H3/t9-,12+,14+/m1/s1. The van der Waals surface area contributed by atoms with E-state index in [1.807, 2.05) is 6.92 Å². The predicted molar refractivity (Wildman–Crippen MR) is 77.7 cm³/mol. The molecule has 0 N–H and O–H groups in total. The van der Waals surface area contributed by atoms with Crippen molar-refractivity contribution >= 4 is 0 Å². The van der Waals surface area contributed by atoms with E-state index in [0.29, 0.717) is 29.9 Å². The quantitative estimate of drug-likeness (QED) is 0.589. The number of hydrogen-bond acceptors (Lipinski definition) is 6. The van der Waals surface area contributed by atoms with Crippen LogP contribution in [0.2, 0.25) is 0 Å². The van der Waals surface area contributed by atoms with Crippen molar-refractivity contribution in [1.82, 2.24) is 0 Å². The lowest BCUT2D eigenvalue weighted by Crippen LogP contribution is -2.47. The molecule has 0 aliphatic carbocycles. The summed E-state index contributed by atoms with van der Waals surface area (Å²) in [5.74, 6) is -0.0599. The maximum absolute atomic E-state index is 11.5. The van der Waals surface area contributed by atoms with Gasteiger partial charge in [0, 0.05) is 9.85 Å². The second kappa shape index (κ2) is 6.59. The van der Waals surface area contributed by atoms with Gasteiger partial charge >= 0.3 is 0 Å². The number of benzene rings is 1. The van der Waals surface area contributed by atoms with E-state index in [1.54, 1.807) is 18.2 Å². The lowest BCUT2D eigenvalue weighted by Gasteiger charge is -2.33. The number of rotatable bonds is 6. The monoisotopic (exact) mass is 310 g/mol. The van der Waals surface area contributed by atoms with Crippen LogP contribution < -0.4 is 9.47 Å². The fraction of sp³-hybridized carbons (Fsp3) is 0.571. The van der Waals surface area contributed by atoms with Gasteiger partial charge in [-0.2, -0.15) is 0 Å². The van der Waals surface area contributed by atoms with Crippen molar-refractivity contribution in [3.8, 4) is 11.5 Å². The number of methoxy groups -OCH3 is 1. The van der Waals surface area contributed by atoms with Crippen LogP contribution in [0.5, 0.6) is 11.5 Å². The molecule has 3 atom stereocenters. The maximum atomic E-state index is 11.5. The predicted octanol–water partition coefficient (Wildman–Crippen LogP) is 2.26. The molecule has 0 radical (unpaired) electrons. The highest BCUT2D eigenvalue weighted by Gasteiger charge is 2.49. The van der Waals surface area contributed by atoms with Gasteiger partial charge in [0.25, 0.3) is 6.04 Å². The highest BCUT2D eigenvalue weighted by Crippen LogP contribution is 2.44. The SMILES string of the molecule is CCC[C@@H]1Oc2cccc(OC)c2[C@@H](C[N+](=O)[O-])[C@@H]1[N+](=O)[O-]. The lowest BCUT2D eigenvalue weighted by molar-refractivity contribution is -0.557. The van der Waals surface area contributed by atoms with Gasteiger partial charge < -0.3 is 9.47 Å². The summed E-state index contributed by atoms with van der Waals surface area (Å²) < 4.78 is 11.0. The second-order valence-electron chi connectivity index (χ2n) is 5.21. The molecule has 0 unspecified atom stereocenters. The molecule has 1 aromatic carbocycles. The van der Waals surface area contributed by atoms with E-state index < -0.39 is 34.5 Å². The Morgan fingerprint density at radius 1 is 1.32 bits per heavy atom. The molecule has 0 aromatic heterocycles. The van der Waals surface area contributed by atoms with Crippen molar-refractivity contribution in [3.05, 3.63) is 44.0 Å². The fourth-order valence-electron chi connectivity index (χ4n) is 2.99. The summed E-state index contributed by atoms with van der Waals surface area (Å²) in [6, 6.07) is 3.85. The van der Waals surface area contributed by atoms with E-state index in [4.69, 9.17) is 9.47 Å². The molecule has 1 heterocycles. The smallest absolute Gasteiger partial charge is 0.262 e. The van der Waals surface area contributed by atoms with Crippen molar-refractivity contribution in [2.45, 2.75) is 37.8 Å². The van der Waals surface area contributed by atoms with Crippen LogP contribution in [-0.2, 0) is 0 Å². The van der Waals surface area contributed by atoms with Crippen LogP contribution in [0, 0.1) is 20.2 Å². The van der Waals surface area contributed by atoms with Crippen LogP contribution in [0.4, 0.5) is 0 Å². The Morgan fingerprint density at radius 3 is 2.59 bits per heavy atom. The minimum Gasteiger partial charge on any atom is -0.496 e. The molecule has 1 aromatic rings. The van der Waals surface area contributed by atoms with Gasteiger partial charge in [-0.1, -0.05) is 19.4 Å². The van der Waals surface area contributed by atoms with Crippen LogP contribution in [-0.4, -0.2) is 35.6 Å². The summed E-state index contributed by atoms with van der Waals surface area (Å²) in [4.78, 5) is 21.5. The number of hydrogen-bond donors (Lipinski definition) is 0. The number of nitrogens with zero attached hydrogens (tertiary/aromatic N) is 2. The Labute approximate surface area is 127 Å². The van der Waals surface area contributed by atoms with Crippen LogP contribution >= 0.6 is 0 Å². The molecule has 0 spiro atoms. The largest absolute Gasteiger partial charge is 0.496 e. The van der Waals surface area contributed by atoms with E-state index in [1.165, 1.54) is 7.11 Å². The summed E-state index contributed by atoms with van der Waals surface area (Å²) in [6.07, 6.45) is 0.486. The summed E-state index contributed by atoms with van der Waals surface area (Å²) in [7, 11) is 1.43. The molecule has 8 nitrogen and oxygen atoms in total. The molecule has 1 aliphatic heterocycles. The average Bonchev–Trinajstić information content (AvgIpc) is 2.45. The third-order valence-corrected chi connectivity index (χ3v) is 3.85. The second-order valence-corrected chi connectivity index (χ2v) is 5.21. The first-order chi connectivity index (χ1) is 10.5. The van der Waals surface area contributed by atoms with Crippen molar-refractivity contribution in [1.29, 1.82) is 0 Å². The highest BCUT2D eigenvalue weighted by molar-refractivity contribution is 5.49. The molecule has 0 bridgehead atoms. The van der Waals surface area contributed by atoms with Crippen molar-refractivity contribution < 1.29 is 19.3 Å². The van der Waals surface area contributed by atoms with Gasteiger partial charge in [0.05, 0.1) is 12.7 Å². The Morgan fingerprint density at radius 2 is 2.05 bits per heavy atom. The van der Waals surface area contributed by atoms with Crippen LogP contribution in [0.15, 0.2) is 18.2 Å². The Kier molecular flexibility index (Phi) is 4.79. The Hall–Kier alpha value is -2.38. The zero-order valence-corrected chi connectivity index (χ0v) is 12.4. The Bertz CT molecular complexity index is 576. The van der Waals surface area contributed by atoms with Gasteiger partial charge in [0.15, 0.2) is 6.10 Å². The number of nitro groups is 2. The summed E-state index contributed by atoms with van der Waals surface area (Å²) in [6.45, 7) is 1.37. The molecular weight excluding hydrogens is 292 g/mol. The number of fused-ring (bicyclic) bond motifs is 1. The lowest BCUT2D eigenvalue weighted by atomic mass is 9.83. The zero-order valence-electron chi connectivity index (χ0n) is 12.4. The van der Waals surface area contributed by atoms with Crippen LogP contribution in [0.1, 0.15) is 31.2 Å². The average molecular weight is 310 g/mol. The van der Waals surface area contributed by atoms with Crippen molar-refractivity contribution in [2.24, 2.45) is 0 Å². The molecule has 2 rings (SSSR count). The van der Waals surface area contributed by atoms with E-state index in [2.05, 4.69) is 0 Å². The van der Waals surface area contributed by atoms with Crippen molar-refractivity contribution in [2.75, 3.05) is 13.7 Å². The molecule has 120 valence electrons. The van der Waals surface area contributed by atoms with Gasteiger partial charge in [0.2, 0.25) is 6.54 Å².